The lowest BCUT2D eigenvalue weighted by Crippen LogP contribution is -2.66. The Balaban J connectivity index is 1.47. The number of rotatable bonds is 3. The largest absolute Gasteiger partial charge is 0.445 e. The lowest BCUT2D eigenvalue weighted by atomic mass is 9.51. The van der Waals surface area contributed by atoms with E-state index in [1.165, 1.54) is 0 Å². The van der Waals surface area contributed by atoms with Gasteiger partial charge in [-0.1, -0.05) is 36.8 Å². The van der Waals surface area contributed by atoms with E-state index >= 15 is 0 Å². The number of hydrogen-bond donors (Lipinski definition) is 2. The highest BCUT2D eigenvalue weighted by Gasteiger charge is 2.58. The van der Waals surface area contributed by atoms with Gasteiger partial charge >= 0.3 is 6.09 Å². The summed E-state index contributed by atoms with van der Waals surface area (Å²) in [5.41, 5.74) is 0.927. The van der Waals surface area contributed by atoms with Gasteiger partial charge in [0.05, 0.1) is 6.10 Å². The molecule has 0 aromatic heterocycles. The van der Waals surface area contributed by atoms with Gasteiger partial charge in [-0.3, -0.25) is 0 Å². The van der Waals surface area contributed by atoms with Crippen LogP contribution in [-0.4, -0.2) is 23.3 Å². The highest BCUT2D eigenvalue weighted by atomic mass is 16.5. The molecule has 2 N–H and O–H groups in total. The molecule has 0 saturated heterocycles. The smallest absolute Gasteiger partial charge is 0.407 e. The summed E-state index contributed by atoms with van der Waals surface area (Å²) in [5, 5.41) is 12.7. The number of amides is 1. The summed E-state index contributed by atoms with van der Waals surface area (Å²) in [7, 11) is 0. The van der Waals surface area contributed by atoms with Gasteiger partial charge in [0.2, 0.25) is 0 Å². The highest BCUT2D eigenvalue weighted by molar-refractivity contribution is 5.68. The Labute approximate surface area is 112 Å². The molecule has 2 aliphatic rings. The molecule has 2 aliphatic carbocycles. The summed E-state index contributed by atoms with van der Waals surface area (Å²) in [4.78, 5) is 11.7. The van der Waals surface area contributed by atoms with Crippen molar-refractivity contribution in [3.8, 4) is 0 Å². The number of carbonyl (C=O) groups excluding carboxylic acids is 1. The van der Waals surface area contributed by atoms with Crippen molar-refractivity contribution in [1.29, 1.82) is 0 Å². The number of alkyl carbamates (subject to hydrolysis) is 1. The summed E-state index contributed by atoms with van der Waals surface area (Å²) < 4.78 is 5.20. The summed E-state index contributed by atoms with van der Waals surface area (Å²) in [6, 6.07) is 9.70. The van der Waals surface area contributed by atoms with Crippen molar-refractivity contribution in [2.75, 3.05) is 0 Å². The lowest BCUT2D eigenvalue weighted by molar-refractivity contribution is -0.142. The van der Waals surface area contributed by atoms with Gasteiger partial charge in [0.1, 0.15) is 6.61 Å². The quantitative estimate of drug-likeness (QED) is 0.877. The molecule has 1 amide bonds. The van der Waals surface area contributed by atoms with Crippen molar-refractivity contribution < 1.29 is 14.6 Å². The van der Waals surface area contributed by atoms with E-state index in [0.29, 0.717) is 6.42 Å². The fourth-order valence-electron chi connectivity index (χ4n) is 3.14. The molecular formula is C15H19NO3. The van der Waals surface area contributed by atoms with E-state index in [0.717, 1.165) is 24.8 Å². The predicted molar refractivity (Wildman–Crippen MR) is 70.5 cm³/mol. The van der Waals surface area contributed by atoms with E-state index < -0.39 is 0 Å². The summed E-state index contributed by atoms with van der Waals surface area (Å²) in [6.45, 7) is 0.287. The Morgan fingerprint density at radius 1 is 1.37 bits per heavy atom. The second-order valence-corrected chi connectivity index (χ2v) is 5.60. The molecule has 0 aliphatic heterocycles. The molecule has 1 aromatic carbocycles. The van der Waals surface area contributed by atoms with Crippen molar-refractivity contribution in [1.82, 2.24) is 5.32 Å². The minimum absolute atomic E-state index is 0.0498. The summed E-state index contributed by atoms with van der Waals surface area (Å²) in [5.74, 6) is 0. The maximum absolute atomic E-state index is 11.7. The molecule has 19 heavy (non-hydrogen) atoms. The maximum atomic E-state index is 11.7. The molecule has 0 bridgehead atoms. The molecule has 2 atom stereocenters. The zero-order valence-electron chi connectivity index (χ0n) is 10.8. The normalized spacial score (nSPS) is 27.2. The SMILES string of the molecule is O=C(NC1CC(O)C12CCC2)OCc1ccccc1. The third kappa shape index (κ3) is 2.21. The van der Waals surface area contributed by atoms with E-state index in [2.05, 4.69) is 5.32 Å². The fraction of sp³-hybridized carbons (Fsp3) is 0.533. The van der Waals surface area contributed by atoms with Gasteiger partial charge in [0.15, 0.2) is 0 Å². The van der Waals surface area contributed by atoms with Gasteiger partial charge in [-0.2, -0.15) is 0 Å². The molecule has 4 nitrogen and oxygen atoms in total. The van der Waals surface area contributed by atoms with Crippen LogP contribution >= 0.6 is 0 Å². The molecular weight excluding hydrogens is 242 g/mol. The Hall–Kier alpha value is -1.55. The summed E-state index contributed by atoms with van der Waals surface area (Å²) in [6.07, 6.45) is 3.19. The first-order valence-corrected chi connectivity index (χ1v) is 6.86. The van der Waals surface area contributed by atoms with Crippen molar-refractivity contribution in [3.05, 3.63) is 35.9 Å². The van der Waals surface area contributed by atoms with Gasteiger partial charge in [0.25, 0.3) is 0 Å². The number of hydrogen-bond acceptors (Lipinski definition) is 3. The number of aliphatic hydroxyl groups excluding tert-OH is 1. The van der Waals surface area contributed by atoms with Gasteiger partial charge in [-0.15, -0.1) is 0 Å². The number of ether oxygens (including phenoxy) is 1. The molecule has 0 radical (unpaired) electrons. The minimum atomic E-state index is -0.382. The van der Waals surface area contributed by atoms with Gasteiger partial charge < -0.3 is 15.2 Å². The van der Waals surface area contributed by atoms with Crippen LogP contribution in [0.15, 0.2) is 30.3 Å². The Bertz CT molecular complexity index is 456. The second kappa shape index (κ2) is 4.85. The molecule has 2 unspecified atom stereocenters. The molecule has 1 aromatic rings. The number of carbonyl (C=O) groups is 1. The van der Waals surface area contributed by atoms with Crippen LogP contribution in [0.2, 0.25) is 0 Å². The first-order chi connectivity index (χ1) is 9.21. The third-order valence-electron chi connectivity index (χ3n) is 4.61. The number of nitrogens with one attached hydrogen (secondary N) is 1. The van der Waals surface area contributed by atoms with Crippen LogP contribution in [-0.2, 0) is 11.3 Å². The average Bonchev–Trinajstić information content (AvgIpc) is 2.35. The molecule has 0 heterocycles. The topological polar surface area (TPSA) is 58.6 Å². The van der Waals surface area contributed by atoms with Gasteiger partial charge in [-0.25, -0.2) is 4.79 Å². The zero-order valence-corrected chi connectivity index (χ0v) is 10.8. The van der Waals surface area contributed by atoms with Crippen molar-refractivity contribution in [3.63, 3.8) is 0 Å². The van der Waals surface area contributed by atoms with Crippen molar-refractivity contribution >= 4 is 6.09 Å². The molecule has 102 valence electrons. The lowest BCUT2D eigenvalue weighted by Gasteiger charge is -2.59. The standard InChI is InChI=1S/C15H19NO3/c17-13-9-12(15(13)7-4-8-15)16-14(18)19-10-11-5-2-1-3-6-11/h1-3,5-6,12-13,17H,4,7-10H2,(H,16,18). The zero-order chi connectivity index (χ0) is 13.3. The Kier molecular flexibility index (Phi) is 3.19. The first kappa shape index (κ1) is 12.5. The van der Waals surface area contributed by atoms with Crippen LogP contribution in [0.25, 0.3) is 0 Å². The van der Waals surface area contributed by atoms with E-state index in [1.54, 1.807) is 0 Å². The maximum Gasteiger partial charge on any atom is 0.407 e. The number of benzene rings is 1. The molecule has 4 heteroatoms. The van der Waals surface area contributed by atoms with E-state index in [-0.39, 0.29) is 30.3 Å². The van der Waals surface area contributed by atoms with Crippen molar-refractivity contribution in [2.45, 2.75) is 44.4 Å². The van der Waals surface area contributed by atoms with Crippen LogP contribution < -0.4 is 5.32 Å². The first-order valence-electron chi connectivity index (χ1n) is 6.86. The van der Waals surface area contributed by atoms with Crippen LogP contribution in [0.3, 0.4) is 0 Å². The molecule has 2 saturated carbocycles. The summed E-state index contributed by atoms with van der Waals surface area (Å²) >= 11 is 0. The Morgan fingerprint density at radius 2 is 2.11 bits per heavy atom. The molecule has 2 fully saturated rings. The van der Waals surface area contributed by atoms with Crippen LogP contribution in [0.4, 0.5) is 4.79 Å². The van der Waals surface area contributed by atoms with Crippen molar-refractivity contribution in [2.24, 2.45) is 5.41 Å². The van der Waals surface area contributed by atoms with Crippen LogP contribution in [0, 0.1) is 5.41 Å². The van der Waals surface area contributed by atoms with E-state index in [1.807, 2.05) is 30.3 Å². The highest BCUT2D eigenvalue weighted by Crippen LogP contribution is 2.55. The molecule has 3 rings (SSSR count). The van der Waals surface area contributed by atoms with E-state index in [4.69, 9.17) is 4.74 Å². The monoisotopic (exact) mass is 261 g/mol. The third-order valence-corrected chi connectivity index (χ3v) is 4.61. The van der Waals surface area contributed by atoms with Gasteiger partial charge in [0, 0.05) is 11.5 Å². The van der Waals surface area contributed by atoms with Gasteiger partial charge in [-0.05, 0) is 24.8 Å². The van der Waals surface area contributed by atoms with Crippen LogP contribution in [0.1, 0.15) is 31.2 Å². The average molecular weight is 261 g/mol. The Morgan fingerprint density at radius 3 is 2.68 bits per heavy atom. The fourth-order valence-corrected chi connectivity index (χ4v) is 3.14. The number of aliphatic hydroxyl groups is 1. The molecule has 1 spiro atoms. The minimum Gasteiger partial charge on any atom is -0.445 e. The second-order valence-electron chi connectivity index (χ2n) is 5.60. The predicted octanol–water partition coefficient (Wildman–Crippen LogP) is 2.22. The van der Waals surface area contributed by atoms with Crippen LogP contribution in [0.5, 0.6) is 0 Å². The van der Waals surface area contributed by atoms with E-state index in [9.17, 15) is 9.90 Å².